The molecule has 0 spiro atoms. The quantitative estimate of drug-likeness (QED) is 0.439. The van der Waals surface area contributed by atoms with Crippen molar-refractivity contribution in [2.75, 3.05) is 0 Å². The summed E-state index contributed by atoms with van der Waals surface area (Å²) in [5.74, 6) is -1.19. The van der Waals surface area contributed by atoms with Crippen LogP contribution in [0.5, 0.6) is 0 Å². The molecule has 1 rings (SSSR count). The van der Waals surface area contributed by atoms with Crippen molar-refractivity contribution in [3.63, 3.8) is 0 Å². The van der Waals surface area contributed by atoms with Gasteiger partial charge in [0, 0.05) is 11.1 Å². The van der Waals surface area contributed by atoms with Crippen LogP contribution in [-0.2, 0) is 6.42 Å². The number of aryl methyl sites for hydroxylation is 1. The van der Waals surface area contributed by atoms with Crippen LogP contribution in [0.4, 0.5) is 0 Å². The fourth-order valence-corrected chi connectivity index (χ4v) is 1.25. The fraction of sp³-hybridized carbons (Fsp3) is 0.333. The summed E-state index contributed by atoms with van der Waals surface area (Å²) >= 11 is 1.17. The molecule has 0 amide bonds. The van der Waals surface area contributed by atoms with Crippen molar-refractivity contribution >= 4 is 17.3 Å². The first-order valence-electron chi connectivity index (χ1n) is 2.90. The van der Waals surface area contributed by atoms with Gasteiger partial charge in [0.05, 0.1) is 0 Å². The van der Waals surface area contributed by atoms with Crippen LogP contribution in [0.25, 0.3) is 0 Å². The van der Waals surface area contributed by atoms with Gasteiger partial charge in [-0.15, -0.1) is 11.3 Å². The predicted molar refractivity (Wildman–Crippen MR) is 35.8 cm³/mol. The Kier molecular flexibility index (Phi) is 4.42. The molecule has 1 heterocycles. The van der Waals surface area contributed by atoms with Gasteiger partial charge in [-0.05, 0) is 6.42 Å². The average Bonchev–Trinajstić information content (AvgIpc) is 2.34. The number of carbonyl (C=O) groups excluding carboxylic acids is 1. The van der Waals surface area contributed by atoms with Gasteiger partial charge in [0.2, 0.25) is 0 Å². The monoisotopic (exact) mass is 163 g/mol. The molecular formula is C6H6LiNO2S. The number of hydrogen-bond donors (Lipinski definition) is 0. The summed E-state index contributed by atoms with van der Waals surface area (Å²) in [7, 11) is 0. The molecule has 0 saturated carbocycles. The Morgan fingerprint density at radius 2 is 2.45 bits per heavy atom. The Morgan fingerprint density at radius 1 is 1.82 bits per heavy atom. The van der Waals surface area contributed by atoms with Crippen molar-refractivity contribution in [1.29, 1.82) is 0 Å². The maximum Gasteiger partial charge on any atom is 1.00 e. The van der Waals surface area contributed by atoms with E-state index < -0.39 is 5.97 Å². The van der Waals surface area contributed by atoms with Gasteiger partial charge >= 0.3 is 18.9 Å². The molecule has 0 bridgehead atoms. The van der Waals surface area contributed by atoms with Crippen molar-refractivity contribution in [1.82, 2.24) is 4.98 Å². The molecule has 0 fully saturated rings. The van der Waals surface area contributed by atoms with Gasteiger partial charge in [0.1, 0.15) is 11.0 Å². The zero-order valence-electron chi connectivity index (χ0n) is 6.46. The van der Waals surface area contributed by atoms with Crippen LogP contribution in [0.15, 0.2) is 6.20 Å². The Bertz CT molecular complexity index is 248. The molecule has 5 heteroatoms. The van der Waals surface area contributed by atoms with Gasteiger partial charge in [-0.25, -0.2) is 4.98 Å². The smallest absolute Gasteiger partial charge is 0.542 e. The Morgan fingerprint density at radius 3 is 2.73 bits per heavy atom. The molecular weight excluding hydrogens is 157 g/mol. The van der Waals surface area contributed by atoms with E-state index in [9.17, 15) is 9.90 Å². The second kappa shape index (κ2) is 4.55. The normalized spacial score (nSPS) is 8.82. The molecule has 1 aromatic rings. The minimum atomic E-state index is -1.19. The minimum Gasteiger partial charge on any atom is -0.542 e. The molecule has 0 N–H and O–H groups in total. The summed E-state index contributed by atoms with van der Waals surface area (Å²) in [4.78, 5) is 14.8. The molecule has 0 atom stereocenters. The van der Waals surface area contributed by atoms with Crippen molar-refractivity contribution in [3.8, 4) is 0 Å². The molecule has 0 saturated heterocycles. The Labute approximate surface area is 80.6 Å². The van der Waals surface area contributed by atoms with E-state index in [0.717, 1.165) is 11.3 Å². The molecule has 0 aromatic carbocycles. The number of aromatic nitrogens is 1. The number of aromatic carboxylic acids is 1. The zero-order chi connectivity index (χ0) is 7.56. The molecule has 54 valence electrons. The van der Waals surface area contributed by atoms with E-state index in [-0.39, 0.29) is 23.9 Å². The van der Waals surface area contributed by atoms with E-state index in [2.05, 4.69) is 4.98 Å². The SMILES string of the molecule is CCc1cnc(C(=O)[O-])s1.[Li+]. The predicted octanol–water partition coefficient (Wildman–Crippen LogP) is -2.93. The second-order valence-corrected chi connectivity index (χ2v) is 2.89. The van der Waals surface area contributed by atoms with E-state index >= 15 is 0 Å². The van der Waals surface area contributed by atoms with Crippen molar-refractivity contribution in [2.45, 2.75) is 13.3 Å². The van der Waals surface area contributed by atoms with Crippen molar-refractivity contribution in [2.24, 2.45) is 0 Å². The maximum absolute atomic E-state index is 10.2. The minimum absolute atomic E-state index is 0. The van der Waals surface area contributed by atoms with Gasteiger partial charge in [-0.1, -0.05) is 6.92 Å². The summed E-state index contributed by atoms with van der Waals surface area (Å²) in [6.45, 7) is 1.95. The van der Waals surface area contributed by atoms with Crippen LogP contribution < -0.4 is 24.0 Å². The van der Waals surface area contributed by atoms with Gasteiger partial charge in [-0.3, -0.25) is 0 Å². The summed E-state index contributed by atoms with van der Waals surface area (Å²) in [6, 6.07) is 0. The number of carbonyl (C=O) groups is 1. The fourth-order valence-electron chi connectivity index (χ4n) is 0.565. The number of thiazole rings is 1. The average molecular weight is 163 g/mol. The molecule has 0 aliphatic carbocycles. The molecule has 0 aliphatic heterocycles. The molecule has 0 aliphatic rings. The van der Waals surface area contributed by atoms with E-state index in [1.165, 1.54) is 11.3 Å². The summed E-state index contributed by atoms with van der Waals surface area (Å²) in [5, 5.41) is 10.2. The van der Waals surface area contributed by atoms with Gasteiger partial charge in [-0.2, -0.15) is 0 Å². The van der Waals surface area contributed by atoms with E-state index in [4.69, 9.17) is 0 Å². The number of nitrogens with zero attached hydrogens (tertiary/aromatic N) is 1. The van der Waals surface area contributed by atoms with Gasteiger partial charge < -0.3 is 9.90 Å². The second-order valence-electron chi connectivity index (χ2n) is 1.77. The van der Waals surface area contributed by atoms with Crippen LogP contribution in [0.3, 0.4) is 0 Å². The third-order valence-electron chi connectivity index (χ3n) is 1.08. The molecule has 11 heavy (non-hydrogen) atoms. The number of rotatable bonds is 2. The number of carboxylic acids is 1. The first kappa shape index (κ1) is 10.7. The van der Waals surface area contributed by atoms with E-state index in [1.54, 1.807) is 6.20 Å². The molecule has 1 aromatic heterocycles. The third-order valence-corrected chi connectivity index (χ3v) is 2.20. The van der Waals surface area contributed by atoms with Gasteiger partial charge in [0.15, 0.2) is 0 Å². The largest absolute Gasteiger partial charge is 1.00 e. The third kappa shape index (κ3) is 2.66. The summed E-state index contributed by atoms with van der Waals surface area (Å²) < 4.78 is 0. The van der Waals surface area contributed by atoms with Crippen molar-refractivity contribution in [3.05, 3.63) is 16.1 Å². The molecule has 0 radical (unpaired) electrons. The standard InChI is InChI=1S/C6H7NO2S.Li/c1-2-4-3-7-5(10-4)6(8)9;/h3H,2H2,1H3,(H,8,9);/q;+1/p-1. The Balaban J connectivity index is 0.000001000. The Hall–Kier alpha value is -0.303. The van der Waals surface area contributed by atoms with Crippen LogP contribution >= 0.6 is 11.3 Å². The number of carboxylic acid groups (broad SMARTS) is 1. The first-order valence-corrected chi connectivity index (χ1v) is 3.71. The van der Waals surface area contributed by atoms with Crippen LogP contribution in [-0.4, -0.2) is 11.0 Å². The zero-order valence-corrected chi connectivity index (χ0v) is 7.27. The summed E-state index contributed by atoms with van der Waals surface area (Å²) in [5.41, 5.74) is 0. The van der Waals surface area contributed by atoms with Crippen LogP contribution in [0.1, 0.15) is 21.6 Å². The maximum atomic E-state index is 10.2. The number of hydrogen-bond acceptors (Lipinski definition) is 4. The van der Waals surface area contributed by atoms with E-state index in [0.29, 0.717) is 0 Å². The van der Waals surface area contributed by atoms with Crippen molar-refractivity contribution < 1.29 is 28.8 Å². The molecule has 3 nitrogen and oxygen atoms in total. The summed E-state index contributed by atoms with van der Waals surface area (Å²) in [6.07, 6.45) is 2.39. The van der Waals surface area contributed by atoms with Crippen LogP contribution in [0.2, 0.25) is 0 Å². The topological polar surface area (TPSA) is 53.0 Å². The van der Waals surface area contributed by atoms with Crippen LogP contribution in [0, 0.1) is 0 Å². The van der Waals surface area contributed by atoms with E-state index in [1.807, 2.05) is 6.92 Å². The first-order chi connectivity index (χ1) is 4.74. The molecule has 0 unspecified atom stereocenters. The van der Waals surface area contributed by atoms with Gasteiger partial charge in [0.25, 0.3) is 0 Å².